The summed E-state index contributed by atoms with van der Waals surface area (Å²) in [6.45, 7) is 2.38. The van der Waals surface area contributed by atoms with Gasteiger partial charge in [-0.3, -0.25) is 0 Å². The Bertz CT molecular complexity index is 808. The highest BCUT2D eigenvalue weighted by Gasteiger charge is 2.12. The van der Waals surface area contributed by atoms with Gasteiger partial charge in [-0.1, -0.05) is 12.2 Å². The van der Waals surface area contributed by atoms with Crippen molar-refractivity contribution < 1.29 is 13.6 Å². The van der Waals surface area contributed by atoms with Gasteiger partial charge in [0.25, 0.3) is 0 Å². The van der Waals surface area contributed by atoms with E-state index in [0.717, 1.165) is 10.8 Å². The lowest BCUT2D eigenvalue weighted by molar-refractivity contribution is 0.370. The average Bonchev–Trinajstić information content (AvgIpc) is 2.85. The molecule has 0 unspecified atom stereocenters. The Morgan fingerprint density at radius 3 is 2.89 bits per heavy atom. The number of ether oxygens (including phenoxy) is 1. The molecule has 4 heteroatoms. The molecule has 0 radical (unpaired) electrons. The third-order valence-corrected chi connectivity index (χ3v) is 2.87. The fraction of sp³-hybridized carbons (Fsp3) is 0.133. The molecule has 4 nitrogen and oxygen atoms in total. The molecule has 0 fully saturated rings. The Hall–Kier alpha value is -2.49. The first-order valence-corrected chi connectivity index (χ1v) is 5.97. The molecule has 96 valence electrons. The zero-order chi connectivity index (χ0) is 13.2. The highest BCUT2D eigenvalue weighted by Crippen LogP contribution is 2.34. The lowest BCUT2D eigenvalue weighted by Crippen LogP contribution is -1.98. The van der Waals surface area contributed by atoms with Crippen LogP contribution in [0.1, 0.15) is 6.92 Å². The normalized spacial score (nSPS) is 11.6. The summed E-state index contributed by atoms with van der Waals surface area (Å²) in [4.78, 5) is 11.3. The molecular weight excluding hydrogens is 244 g/mol. The Balaban J connectivity index is 2.27. The largest absolute Gasteiger partial charge is 0.488 e. The van der Waals surface area contributed by atoms with E-state index in [1.807, 2.05) is 25.1 Å². The molecule has 0 atom stereocenters. The van der Waals surface area contributed by atoms with Crippen molar-refractivity contribution in [3.8, 4) is 5.75 Å². The number of benzene rings is 1. The van der Waals surface area contributed by atoms with E-state index >= 15 is 0 Å². The van der Waals surface area contributed by atoms with E-state index in [2.05, 4.69) is 0 Å². The third-order valence-electron chi connectivity index (χ3n) is 2.87. The molecule has 0 spiro atoms. The van der Waals surface area contributed by atoms with Crippen LogP contribution in [0.25, 0.3) is 21.9 Å². The van der Waals surface area contributed by atoms with Crippen LogP contribution in [0.3, 0.4) is 0 Å². The Labute approximate surface area is 108 Å². The molecule has 19 heavy (non-hydrogen) atoms. The Kier molecular flexibility index (Phi) is 2.83. The highest BCUT2D eigenvalue weighted by atomic mass is 16.5. The number of hydrogen-bond acceptors (Lipinski definition) is 4. The summed E-state index contributed by atoms with van der Waals surface area (Å²) in [5, 5.41) is 1.63. The van der Waals surface area contributed by atoms with Gasteiger partial charge in [-0.25, -0.2) is 4.79 Å². The molecule has 0 aliphatic carbocycles. The summed E-state index contributed by atoms with van der Waals surface area (Å²) in [5.41, 5.74) is 0.709. The van der Waals surface area contributed by atoms with Crippen LogP contribution in [-0.4, -0.2) is 6.61 Å². The van der Waals surface area contributed by atoms with Crippen LogP contribution >= 0.6 is 0 Å². The summed E-state index contributed by atoms with van der Waals surface area (Å²) in [7, 11) is 0. The summed E-state index contributed by atoms with van der Waals surface area (Å²) in [5.74, 6) is 0.670. The summed E-state index contributed by atoms with van der Waals surface area (Å²) in [6, 6.07) is 6.63. The second-order valence-electron chi connectivity index (χ2n) is 4.08. The van der Waals surface area contributed by atoms with Crippen molar-refractivity contribution in [2.24, 2.45) is 0 Å². The van der Waals surface area contributed by atoms with Crippen molar-refractivity contribution >= 4 is 21.9 Å². The fourth-order valence-electron chi connectivity index (χ4n) is 1.99. The standard InChI is InChI=1S/C15H12O4/c1-2-3-7-18-15-10-4-5-14(16)19-13(10)9-12-11(15)6-8-17-12/h2-6,8-9H,7H2,1H3/b3-2-. The van der Waals surface area contributed by atoms with Gasteiger partial charge in [0, 0.05) is 12.1 Å². The lowest BCUT2D eigenvalue weighted by atomic mass is 10.1. The molecule has 3 rings (SSSR count). The summed E-state index contributed by atoms with van der Waals surface area (Å²) in [6.07, 6.45) is 5.41. The van der Waals surface area contributed by atoms with Crippen molar-refractivity contribution in [2.75, 3.05) is 6.61 Å². The predicted molar refractivity (Wildman–Crippen MR) is 72.6 cm³/mol. The molecule has 1 aromatic carbocycles. The van der Waals surface area contributed by atoms with Crippen LogP contribution in [0, 0.1) is 0 Å². The monoisotopic (exact) mass is 256 g/mol. The number of hydrogen-bond donors (Lipinski definition) is 0. The number of rotatable bonds is 3. The van der Waals surface area contributed by atoms with E-state index < -0.39 is 5.63 Å². The molecule has 0 saturated heterocycles. The van der Waals surface area contributed by atoms with Gasteiger partial charge in [0.2, 0.25) is 0 Å². The van der Waals surface area contributed by atoms with E-state index in [1.165, 1.54) is 6.07 Å². The lowest BCUT2D eigenvalue weighted by Gasteiger charge is -2.07. The summed E-state index contributed by atoms with van der Waals surface area (Å²) < 4.78 is 16.3. The first-order chi connectivity index (χ1) is 9.29. The van der Waals surface area contributed by atoms with E-state index in [-0.39, 0.29) is 0 Å². The van der Waals surface area contributed by atoms with Crippen molar-refractivity contribution in [2.45, 2.75) is 6.92 Å². The highest BCUT2D eigenvalue weighted by molar-refractivity contribution is 6.01. The van der Waals surface area contributed by atoms with Crippen LogP contribution in [0.15, 0.2) is 56.3 Å². The molecular formula is C15H12O4. The maximum Gasteiger partial charge on any atom is 0.336 e. The third kappa shape index (κ3) is 2.01. The maximum atomic E-state index is 11.3. The van der Waals surface area contributed by atoms with Gasteiger partial charge in [0.05, 0.1) is 17.0 Å². The fourth-order valence-corrected chi connectivity index (χ4v) is 1.99. The second-order valence-corrected chi connectivity index (χ2v) is 4.08. The predicted octanol–water partition coefficient (Wildman–Crippen LogP) is 3.49. The van der Waals surface area contributed by atoms with Gasteiger partial charge in [-0.2, -0.15) is 0 Å². The molecule has 2 aromatic heterocycles. The Morgan fingerprint density at radius 2 is 2.05 bits per heavy atom. The Morgan fingerprint density at radius 1 is 1.21 bits per heavy atom. The first-order valence-electron chi connectivity index (χ1n) is 5.97. The van der Waals surface area contributed by atoms with Crippen molar-refractivity contribution in [3.05, 3.63) is 53.1 Å². The quantitative estimate of drug-likeness (QED) is 0.531. The zero-order valence-corrected chi connectivity index (χ0v) is 10.4. The van der Waals surface area contributed by atoms with Gasteiger partial charge in [0.15, 0.2) is 0 Å². The van der Waals surface area contributed by atoms with Crippen LogP contribution < -0.4 is 10.4 Å². The minimum Gasteiger partial charge on any atom is -0.488 e. The van der Waals surface area contributed by atoms with E-state index in [9.17, 15) is 4.79 Å². The molecule has 0 bridgehead atoms. The molecule has 0 aliphatic rings. The van der Waals surface area contributed by atoms with Gasteiger partial charge >= 0.3 is 5.63 Å². The zero-order valence-electron chi connectivity index (χ0n) is 10.4. The molecule has 0 aliphatic heterocycles. The maximum absolute atomic E-state index is 11.3. The first kappa shape index (κ1) is 11.6. The smallest absolute Gasteiger partial charge is 0.336 e. The molecule has 2 heterocycles. The molecule has 0 N–H and O–H groups in total. The van der Waals surface area contributed by atoms with Crippen molar-refractivity contribution in [1.29, 1.82) is 0 Å². The van der Waals surface area contributed by atoms with Crippen LogP contribution in [0.5, 0.6) is 5.75 Å². The van der Waals surface area contributed by atoms with Crippen molar-refractivity contribution in [1.82, 2.24) is 0 Å². The van der Waals surface area contributed by atoms with Gasteiger partial charge < -0.3 is 13.6 Å². The number of fused-ring (bicyclic) bond motifs is 2. The van der Waals surface area contributed by atoms with E-state index in [0.29, 0.717) is 23.5 Å². The molecule has 0 saturated carbocycles. The topological polar surface area (TPSA) is 52.6 Å². The number of allylic oxidation sites excluding steroid dienone is 1. The SMILES string of the molecule is C/C=C\COc1c2ccoc2cc2oc(=O)ccc12. The molecule has 3 aromatic rings. The number of furan rings is 1. The van der Waals surface area contributed by atoms with Gasteiger partial charge in [-0.15, -0.1) is 0 Å². The second kappa shape index (κ2) is 4.65. The van der Waals surface area contributed by atoms with Gasteiger partial charge in [0.1, 0.15) is 23.5 Å². The minimum absolute atomic E-state index is 0.391. The van der Waals surface area contributed by atoms with Crippen LogP contribution in [0.4, 0.5) is 0 Å². The van der Waals surface area contributed by atoms with Crippen LogP contribution in [-0.2, 0) is 0 Å². The van der Waals surface area contributed by atoms with Crippen molar-refractivity contribution in [3.63, 3.8) is 0 Å². The van der Waals surface area contributed by atoms with E-state index in [1.54, 1.807) is 18.4 Å². The van der Waals surface area contributed by atoms with Crippen LogP contribution in [0.2, 0.25) is 0 Å². The molecule has 0 amide bonds. The summed E-state index contributed by atoms with van der Waals surface area (Å²) >= 11 is 0. The minimum atomic E-state index is -0.391. The van der Waals surface area contributed by atoms with Gasteiger partial charge in [-0.05, 0) is 19.1 Å². The average molecular weight is 256 g/mol. The van der Waals surface area contributed by atoms with E-state index in [4.69, 9.17) is 13.6 Å².